The van der Waals surface area contributed by atoms with Crippen LogP contribution in [0.3, 0.4) is 0 Å². The fourth-order valence-corrected chi connectivity index (χ4v) is 3.11. The fourth-order valence-electron chi connectivity index (χ4n) is 3.11. The van der Waals surface area contributed by atoms with Crippen LogP contribution >= 0.6 is 0 Å². The zero-order chi connectivity index (χ0) is 22.1. The molecule has 0 saturated carbocycles. The van der Waals surface area contributed by atoms with Crippen LogP contribution in [0.25, 0.3) is 0 Å². The molecule has 0 bridgehead atoms. The van der Waals surface area contributed by atoms with E-state index < -0.39 is 12.0 Å². The maximum absolute atomic E-state index is 12.7. The third kappa shape index (κ3) is 6.91. The summed E-state index contributed by atoms with van der Waals surface area (Å²) in [4.78, 5) is 37.6. The van der Waals surface area contributed by atoms with Crippen LogP contribution in [-0.4, -0.2) is 62.3 Å². The Morgan fingerprint density at radius 2 is 1.73 bits per heavy atom. The number of ether oxygens (including phenoxy) is 3. The van der Waals surface area contributed by atoms with E-state index >= 15 is 0 Å². The van der Waals surface area contributed by atoms with Gasteiger partial charge in [-0.25, -0.2) is 4.79 Å². The van der Waals surface area contributed by atoms with E-state index in [0.29, 0.717) is 31.3 Å². The van der Waals surface area contributed by atoms with Gasteiger partial charge in [0.2, 0.25) is 11.8 Å². The second-order valence-electron chi connectivity index (χ2n) is 7.26. The predicted octanol–water partition coefficient (Wildman–Crippen LogP) is 1.87. The number of hydrogen-bond acceptors (Lipinski definition) is 7. The van der Waals surface area contributed by atoms with Crippen molar-refractivity contribution in [2.75, 3.05) is 39.5 Å². The molecule has 1 aliphatic rings. The summed E-state index contributed by atoms with van der Waals surface area (Å²) in [5.41, 5.74) is 0.922. The standard InChI is InChI=1S/C21H31N3O6/c1-5-24(13-19(26)23-21(27)28-6-2)12-18(25)22-20(14(3)4)15-7-8-16-17(11-15)30-10-9-29-16/h7-8,11,14,20H,5-6,9-10,12-13H2,1-4H3,(H,22,25)(H,23,26,27)/t20-/m0/s1. The first kappa shape index (κ1) is 23.5. The summed E-state index contributed by atoms with van der Waals surface area (Å²) >= 11 is 0. The molecule has 2 N–H and O–H groups in total. The average molecular weight is 421 g/mol. The molecule has 9 nitrogen and oxygen atoms in total. The monoisotopic (exact) mass is 421 g/mol. The zero-order valence-electron chi connectivity index (χ0n) is 18.0. The molecular formula is C21H31N3O6. The van der Waals surface area contributed by atoms with E-state index in [0.717, 1.165) is 5.56 Å². The van der Waals surface area contributed by atoms with Crippen molar-refractivity contribution in [2.45, 2.75) is 33.7 Å². The van der Waals surface area contributed by atoms with Gasteiger partial charge in [-0.05, 0) is 37.1 Å². The Labute approximate surface area is 177 Å². The molecule has 1 atom stereocenters. The largest absolute Gasteiger partial charge is 0.486 e. The molecule has 2 rings (SSSR count). The van der Waals surface area contributed by atoms with Crippen LogP contribution in [0.2, 0.25) is 0 Å². The van der Waals surface area contributed by atoms with Gasteiger partial charge in [0.1, 0.15) is 13.2 Å². The fraction of sp³-hybridized carbons (Fsp3) is 0.571. The highest BCUT2D eigenvalue weighted by Gasteiger charge is 2.23. The van der Waals surface area contributed by atoms with Gasteiger partial charge in [-0.1, -0.05) is 26.8 Å². The van der Waals surface area contributed by atoms with Crippen molar-refractivity contribution in [3.63, 3.8) is 0 Å². The van der Waals surface area contributed by atoms with Crippen molar-refractivity contribution in [1.82, 2.24) is 15.5 Å². The Kier molecular flexibility index (Phi) is 8.91. The summed E-state index contributed by atoms with van der Waals surface area (Å²) in [5.74, 6) is 0.775. The van der Waals surface area contributed by atoms with Gasteiger partial charge in [-0.15, -0.1) is 0 Å². The topological polar surface area (TPSA) is 106 Å². The van der Waals surface area contributed by atoms with Gasteiger partial charge in [0.05, 0.1) is 25.7 Å². The molecule has 3 amide bonds. The first-order valence-corrected chi connectivity index (χ1v) is 10.2. The zero-order valence-corrected chi connectivity index (χ0v) is 18.0. The number of likely N-dealkylation sites (N-methyl/N-ethyl adjacent to an activating group) is 1. The number of imide groups is 1. The second kappa shape index (κ2) is 11.4. The lowest BCUT2D eigenvalue weighted by Crippen LogP contribution is -2.45. The highest BCUT2D eigenvalue weighted by atomic mass is 16.6. The molecule has 9 heteroatoms. The normalized spacial score (nSPS) is 13.7. The van der Waals surface area contributed by atoms with Crippen molar-refractivity contribution in [1.29, 1.82) is 0 Å². The van der Waals surface area contributed by atoms with Crippen LogP contribution in [0.1, 0.15) is 39.3 Å². The Bertz CT molecular complexity index is 752. The molecule has 1 heterocycles. The van der Waals surface area contributed by atoms with Gasteiger partial charge in [-0.2, -0.15) is 0 Å². The minimum Gasteiger partial charge on any atom is -0.486 e. The lowest BCUT2D eigenvalue weighted by atomic mass is 9.95. The van der Waals surface area contributed by atoms with E-state index in [-0.39, 0.29) is 37.6 Å². The van der Waals surface area contributed by atoms with Crippen LogP contribution in [0, 0.1) is 5.92 Å². The van der Waals surface area contributed by atoms with Crippen LogP contribution < -0.4 is 20.1 Å². The number of alkyl carbamates (subject to hydrolysis) is 1. The second-order valence-corrected chi connectivity index (χ2v) is 7.26. The summed E-state index contributed by atoms with van der Waals surface area (Å²) in [6, 6.07) is 5.44. The molecule has 0 saturated heterocycles. The molecule has 30 heavy (non-hydrogen) atoms. The molecule has 1 aromatic carbocycles. The minimum atomic E-state index is -0.790. The number of nitrogens with one attached hydrogen (secondary N) is 2. The molecule has 0 unspecified atom stereocenters. The van der Waals surface area contributed by atoms with E-state index in [1.54, 1.807) is 11.8 Å². The highest BCUT2D eigenvalue weighted by Crippen LogP contribution is 2.34. The number of carbonyl (C=O) groups is 3. The minimum absolute atomic E-state index is 0.0283. The van der Waals surface area contributed by atoms with Crippen molar-refractivity contribution in [3.8, 4) is 11.5 Å². The average Bonchev–Trinajstić information content (AvgIpc) is 2.71. The number of hydrogen-bond donors (Lipinski definition) is 2. The van der Waals surface area contributed by atoms with E-state index in [1.165, 1.54) is 0 Å². The Balaban J connectivity index is 1.97. The number of rotatable bonds is 9. The number of fused-ring (bicyclic) bond motifs is 1. The summed E-state index contributed by atoms with van der Waals surface area (Å²) in [6.07, 6.45) is -0.790. The van der Waals surface area contributed by atoms with Crippen molar-refractivity contribution < 1.29 is 28.6 Å². The molecule has 0 aliphatic carbocycles. The smallest absolute Gasteiger partial charge is 0.413 e. The van der Waals surface area contributed by atoms with Crippen LogP contribution in [-0.2, 0) is 14.3 Å². The molecule has 0 fully saturated rings. The van der Waals surface area contributed by atoms with Gasteiger partial charge in [0.25, 0.3) is 0 Å². The quantitative estimate of drug-likeness (QED) is 0.627. The van der Waals surface area contributed by atoms with Crippen LogP contribution in [0.4, 0.5) is 4.79 Å². The van der Waals surface area contributed by atoms with Gasteiger partial charge in [0, 0.05) is 0 Å². The molecule has 0 spiro atoms. The first-order valence-electron chi connectivity index (χ1n) is 10.2. The maximum Gasteiger partial charge on any atom is 0.413 e. The van der Waals surface area contributed by atoms with Crippen molar-refractivity contribution in [3.05, 3.63) is 23.8 Å². The Hall–Kier alpha value is -2.81. The predicted molar refractivity (Wildman–Crippen MR) is 110 cm³/mol. The van der Waals surface area contributed by atoms with E-state index in [4.69, 9.17) is 9.47 Å². The number of nitrogens with zero attached hydrogens (tertiary/aromatic N) is 1. The molecular weight excluding hydrogens is 390 g/mol. The lowest BCUT2D eigenvalue weighted by molar-refractivity contribution is -0.125. The Morgan fingerprint density at radius 1 is 1.07 bits per heavy atom. The number of carbonyl (C=O) groups excluding carboxylic acids is 3. The molecule has 166 valence electrons. The summed E-state index contributed by atoms with van der Waals surface area (Å²) in [5, 5.41) is 5.17. The summed E-state index contributed by atoms with van der Waals surface area (Å²) in [7, 11) is 0. The van der Waals surface area contributed by atoms with Gasteiger partial charge < -0.3 is 19.5 Å². The number of benzene rings is 1. The highest BCUT2D eigenvalue weighted by molar-refractivity contribution is 5.93. The lowest BCUT2D eigenvalue weighted by Gasteiger charge is -2.27. The number of amides is 3. The van der Waals surface area contributed by atoms with Crippen molar-refractivity contribution >= 4 is 17.9 Å². The van der Waals surface area contributed by atoms with E-state index in [2.05, 4.69) is 15.4 Å². The maximum atomic E-state index is 12.7. The van der Waals surface area contributed by atoms with E-state index in [9.17, 15) is 14.4 Å². The third-order valence-electron chi connectivity index (χ3n) is 4.61. The SMILES string of the molecule is CCOC(=O)NC(=O)CN(CC)CC(=O)N[C@H](c1ccc2c(c1)OCCO2)C(C)C. The molecule has 0 radical (unpaired) electrons. The molecule has 1 aromatic rings. The van der Waals surface area contributed by atoms with Crippen LogP contribution in [0.5, 0.6) is 11.5 Å². The Morgan fingerprint density at radius 3 is 2.37 bits per heavy atom. The van der Waals surface area contributed by atoms with Crippen molar-refractivity contribution in [2.24, 2.45) is 5.92 Å². The van der Waals surface area contributed by atoms with Gasteiger partial charge in [-0.3, -0.25) is 19.8 Å². The first-order chi connectivity index (χ1) is 14.3. The molecule has 1 aliphatic heterocycles. The molecule has 0 aromatic heterocycles. The van der Waals surface area contributed by atoms with Gasteiger partial charge >= 0.3 is 6.09 Å². The van der Waals surface area contributed by atoms with Gasteiger partial charge in [0.15, 0.2) is 11.5 Å². The van der Waals surface area contributed by atoms with E-state index in [1.807, 2.05) is 39.0 Å². The third-order valence-corrected chi connectivity index (χ3v) is 4.61. The summed E-state index contributed by atoms with van der Waals surface area (Å²) in [6.45, 7) is 9.14. The van der Waals surface area contributed by atoms with Crippen LogP contribution in [0.15, 0.2) is 18.2 Å². The summed E-state index contributed by atoms with van der Waals surface area (Å²) < 4.78 is 15.9.